The van der Waals surface area contributed by atoms with Crippen molar-refractivity contribution < 1.29 is 14.3 Å². The number of rotatable bonds is 5. The van der Waals surface area contributed by atoms with Crippen LogP contribution in [-0.4, -0.2) is 18.5 Å². The second-order valence-electron chi connectivity index (χ2n) is 5.74. The summed E-state index contributed by atoms with van der Waals surface area (Å²) in [6.07, 6.45) is 5.69. The van der Waals surface area contributed by atoms with Crippen molar-refractivity contribution in [1.82, 2.24) is 0 Å². The van der Waals surface area contributed by atoms with Gasteiger partial charge in [-0.25, -0.2) is 4.79 Å². The van der Waals surface area contributed by atoms with Crippen molar-refractivity contribution in [3.63, 3.8) is 0 Å². The molecule has 1 N–H and O–H groups in total. The van der Waals surface area contributed by atoms with Crippen molar-refractivity contribution in [2.45, 2.75) is 26.2 Å². The predicted octanol–water partition coefficient (Wildman–Crippen LogP) is 5.37. The van der Waals surface area contributed by atoms with Crippen molar-refractivity contribution in [2.24, 2.45) is 0 Å². The summed E-state index contributed by atoms with van der Waals surface area (Å²) < 4.78 is 5.16. The minimum Gasteiger partial charge on any atom is -0.462 e. The number of halogens is 2. The molecule has 136 valence electrons. The van der Waals surface area contributed by atoms with E-state index in [1.807, 2.05) is 0 Å². The third-order valence-electron chi connectivity index (χ3n) is 4.04. The van der Waals surface area contributed by atoms with Crippen molar-refractivity contribution in [2.75, 3.05) is 11.9 Å². The van der Waals surface area contributed by atoms with Gasteiger partial charge in [0.25, 0.3) is 0 Å². The zero-order valence-corrected chi connectivity index (χ0v) is 16.4. The number of esters is 1. The van der Waals surface area contributed by atoms with Crippen molar-refractivity contribution in [1.29, 1.82) is 0 Å². The number of amides is 1. The molecule has 0 saturated carbocycles. The highest BCUT2D eigenvalue weighted by molar-refractivity contribution is 7.17. The number of ether oxygens (including phenoxy) is 1. The van der Waals surface area contributed by atoms with Gasteiger partial charge in [0.2, 0.25) is 5.91 Å². The quantitative estimate of drug-likeness (QED) is 0.533. The molecule has 1 aromatic carbocycles. The number of nitrogens with one attached hydrogen (secondary N) is 1. The average Bonchev–Trinajstić information content (AvgIpc) is 3.15. The first kappa shape index (κ1) is 19.0. The van der Waals surface area contributed by atoms with Gasteiger partial charge >= 0.3 is 5.97 Å². The van der Waals surface area contributed by atoms with Crippen LogP contribution in [0.2, 0.25) is 10.0 Å². The van der Waals surface area contributed by atoms with E-state index >= 15 is 0 Å². The van der Waals surface area contributed by atoms with Gasteiger partial charge in [-0.05, 0) is 50.0 Å². The first-order valence-electron chi connectivity index (χ1n) is 8.26. The fourth-order valence-electron chi connectivity index (χ4n) is 2.89. The van der Waals surface area contributed by atoms with E-state index in [9.17, 15) is 9.59 Å². The molecular weight excluding hydrogens is 393 g/mol. The normalized spacial score (nSPS) is 13.0. The summed E-state index contributed by atoms with van der Waals surface area (Å²) in [6.45, 7) is 2.06. The summed E-state index contributed by atoms with van der Waals surface area (Å²) in [5.41, 5.74) is 2.06. The fourth-order valence-corrected chi connectivity index (χ4v) is 4.70. The first-order chi connectivity index (χ1) is 12.5. The Balaban J connectivity index is 1.82. The lowest BCUT2D eigenvalue weighted by atomic mass is 10.1. The molecule has 1 heterocycles. The van der Waals surface area contributed by atoms with Gasteiger partial charge in [-0.15, -0.1) is 11.3 Å². The van der Waals surface area contributed by atoms with Gasteiger partial charge in [0.1, 0.15) is 5.00 Å². The Morgan fingerprint density at radius 3 is 2.69 bits per heavy atom. The average molecular weight is 410 g/mol. The van der Waals surface area contributed by atoms with Gasteiger partial charge in [0, 0.05) is 26.6 Å². The van der Waals surface area contributed by atoms with Crippen LogP contribution in [0.15, 0.2) is 24.3 Å². The number of carbonyl (C=O) groups excluding carboxylic acids is 2. The van der Waals surface area contributed by atoms with Crippen LogP contribution in [0, 0.1) is 0 Å². The molecular formula is C19H17Cl2NO3S. The molecule has 1 amide bonds. The summed E-state index contributed by atoms with van der Waals surface area (Å²) in [5, 5.41) is 4.25. The largest absolute Gasteiger partial charge is 0.462 e. The fraction of sp³-hybridized carbons (Fsp3) is 0.263. The van der Waals surface area contributed by atoms with E-state index in [2.05, 4.69) is 5.32 Å². The molecule has 7 heteroatoms. The van der Waals surface area contributed by atoms with E-state index < -0.39 is 0 Å². The molecule has 1 aromatic heterocycles. The third kappa shape index (κ3) is 3.95. The molecule has 0 unspecified atom stereocenters. The minimum atomic E-state index is -0.389. The van der Waals surface area contributed by atoms with Gasteiger partial charge in [-0.1, -0.05) is 29.3 Å². The molecule has 0 fully saturated rings. The molecule has 1 aliphatic carbocycles. The van der Waals surface area contributed by atoms with E-state index in [-0.39, 0.29) is 11.9 Å². The molecule has 0 bridgehead atoms. The molecule has 0 saturated heterocycles. The number of carbonyl (C=O) groups is 2. The van der Waals surface area contributed by atoms with Crippen LogP contribution >= 0.6 is 34.5 Å². The Morgan fingerprint density at radius 1 is 1.27 bits per heavy atom. The molecule has 4 nitrogen and oxygen atoms in total. The Labute approximate surface area is 165 Å². The maximum atomic E-state index is 12.3. The van der Waals surface area contributed by atoms with Gasteiger partial charge < -0.3 is 10.1 Å². The molecule has 0 aliphatic heterocycles. The second kappa shape index (κ2) is 8.25. The standard InChI is InChI=1S/C19H17Cl2NO3S/c1-2-25-19(24)17-12-5-3-8-15(12)26-18(17)22-16(23)10-9-11-13(20)6-4-7-14(11)21/h4,6-7,9-10H,2-3,5,8H2,1H3,(H,22,23)/b10-9+. The third-order valence-corrected chi connectivity index (χ3v) is 5.91. The van der Waals surface area contributed by atoms with Crippen LogP contribution in [0.3, 0.4) is 0 Å². The monoisotopic (exact) mass is 409 g/mol. The SMILES string of the molecule is CCOC(=O)c1c(NC(=O)/C=C/c2c(Cl)cccc2Cl)sc2c1CCC2. The van der Waals surface area contributed by atoms with Crippen LogP contribution in [0.5, 0.6) is 0 Å². The van der Waals surface area contributed by atoms with E-state index in [0.717, 1.165) is 29.7 Å². The van der Waals surface area contributed by atoms with E-state index in [1.54, 1.807) is 31.2 Å². The number of hydrogen-bond acceptors (Lipinski definition) is 4. The number of anilines is 1. The van der Waals surface area contributed by atoms with Crippen molar-refractivity contribution in [3.8, 4) is 0 Å². The van der Waals surface area contributed by atoms with E-state index in [4.69, 9.17) is 27.9 Å². The minimum absolute atomic E-state index is 0.293. The smallest absolute Gasteiger partial charge is 0.341 e. The Morgan fingerprint density at radius 2 is 2.00 bits per heavy atom. The first-order valence-corrected chi connectivity index (χ1v) is 9.83. The predicted molar refractivity (Wildman–Crippen MR) is 106 cm³/mol. The molecule has 2 aromatic rings. The number of benzene rings is 1. The highest BCUT2D eigenvalue weighted by atomic mass is 35.5. The molecule has 0 spiro atoms. The van der Waals surface area contributed by atoms with Gasteiger partial charge in [0.15, 0.2) is 0 Å². The topological polar surface area (TPSA) is 55.4 Å². The molecule has 3 rings (SSSR count). The summed E-state index contributed by atoms with van der Waals surface area (Å²) in [6, 6.07) is 5.14. The van der Waals surface area contributed by atoms with Crippen LogP contribution in [-0.2, 0) is 22.4 Å². The summed E-state index contributed by atoms with van der Waals surface area (Å²) in [5.74, 6) is -0.744. The molecule has 0 atom stereocenters. The molecule has 26 heavy (non-hydrogen) atoms. The van der Waals surface area contributed by atoms with Crippen LogP contribution in [0.4, 0.5) is 5.00 Å². The maximum absolute atomic E-state index is 12.3. The van der Waals surface area contributed by atoms with Gasteiger partial charge in [-0.3, -0.25) is 4.79 Å². The Hall–Kier alpha value is -1.82. The summed E-state index contributed by atoms with van der Waals surface area (Å²) >= 11 is 13.6. The zero-order chi connectivity index (χ0) is 18.7. The molecule has 0 radical (unpaired) electrons. The summed E-state index contributed by atoms with van der Waals surface area (Å²) in [4.78, 5) is 25.8. The molecule has 1 aliphatic rings. The van der Waals surface area contributed by atoms with E-state index in [1.165, 1.54) is 17.4 Å². The maximum Gasteiger partial charge on any atom is 0.341 e. The van der Waals surface area contributed by atoms with Crippen LogP contribution in [0.25, 0.3) is 6.08 Å². The van der Waals surface area contributed by atoms with Crippen LogP contribution < -0.4 is 5.32 Å². The highest BCUT2D eigenvalue weighted by Gasteiger charge is 2.28. The van der Waals surface area contributed by atoms with E-state index in [0.29, 0.717) is 32.8 Å². The Kier molecular flexibility index (Phi) is 6.01. The number of thiophene rings is 1. The van der Waals surface area contributed by atoms with Crippen molar-refractivity contribution >= 4 is 57.5 Å². The lowest BCUT2D eigenvalue weighted by Crippen LogP contribution is -2.13. The summed E-state index contributed by atoms with van der Waals surface area (Å²) in [7, 11) is 0. The lowest BCUT2D eigenvalue weighted by molar-refractivity contribution is -0.111. The van der Waals surface area contributed by atoms with Crippen molar-refractivity contribution in [3.05, 3.63) is 55.9 Å². The lowest BCUT2D eigenvalue weighted by Gasteiger charge is -2.06. The number of hydrogen-bond donors (Lipinski definition) is 1. The van der Waals surface area contributed by atoms with Gasteiger partial charge in [-0.2, -0.15) is 0 Å². The zero-order valence-electron chi connectivity index (χ0n) is 14.1. The second-order valence-corrected chi connectivity index (χ2v) is 7.66. The number of aryl methyl sites for hydroxylation is 1. The van der Waals surface area contributed by atoms with Crippen LogP contribution in [0.1, 0.15) is 39.7 Å². The number of fused-ring (bicyclic) bond motifs is 1. The van der Waals surface area contributed by atoms with Gasteiger partial charge in [0.05, 0.1) is 12.2 Å². The highest BCUT2D eigenvalue weighted by Crippen LogP contribution is 2.39. The Bertz CT molecular complexity index is 869.